The first kappa shape index (κ1) is 34.1. The summed E-state index contributed by atoms with van der Waals surface area (Å²) in [4.78, 5) is 0. The van der Waals surface area contributed by atoms with Crippen LogP contribution in [0.15, 0.2) is 36.8 Å². The van der Waals surface area contributed by atoms with Gasteiger partial charge in [-0.25, -0.2) is 0 Å². The van der Waals surface area contributed by atoms with Gasteiger partial charge in [-0.1, -0.05) is 18.2 Å². The summed E-state index contributed by atoms with van der Waals surface area (Å²) in [6.45, 7) is 17.2. The first-order valence-corrected chi connectivity index (χ1v) is 13.5. The number of rotatable bonds is 20. The molecule has 0 aliphatic heterocycles. The molecule has 0 saturated carbocycles. The molecule has 38 heavy (non-hydrogen) atoms. The Morgan fingerprint density at radius 2 is 0.947 bits per heavy atom. The van der Waals surface area contributed by atoms with Gasteiger partial charge in [0.25, 0.3) is 0 Å². The Bertz CT molecular complexity index is 761. The normalized spacial score (nSPS) is 17.4. The van der Waals surface area contributed by atoms with Gasteiger partial charge in [0.2, 0.25) is 0 Å². The molecule has 0 aliphatic rings. The maximum atomic E-state index is 9.03. The Kier molecular flexibility index (Phi) is 17.2. The minimum atomic E-state index is -0.194. The number of aliphatic hydroxyl groups excluding tert-OH is 2. The van der Waals surface area contributed by atoms with Gasteiger partial charge >= 0.3 is 0 Å². The third-order valence-corrected chi connectivity index (χ3v) is 5.70. The SMILES string of the molecule is C/C(=C\OC(C)COC(C)COC(C)CO)c1cccc(/C(C)=C/OC(C)COC(C)COC(C)CO)c1. The highest BCUT2D eigenvalue weighted by atomic mass is 16.6. The Balaban J connectivity index is 2.53. The van der Waals surface area contributed by atoms with Crippen molar-refractivity contribution in [3.8, 4) is 0 Å². The molecule has 0 saturated heterocycles. The lowest BCUT2D eigenvalue weighted by molar-refractivity contribution is -0.0635. The van der Waals surface area contributed by atoms with Crippen molar-refractivity contribution in [2.24, 2.45) is 0 Å². The van der Waals surface area contributed by atoms with Crippen LogP contribution >= 0.6 is 0 Å². The van der Waals surface area contributed by atoms with Crippen molar-refractivity contribution in [3.63, 3.8) is 0 Å². The quantitative estimate of drug-likeness (QED) is 0.228. The van der Waals surface area contributed by atoms with Crippen molar-refractivity contribution in [1.82, 2.24) is 0 Å². The van der Waals surface area contributed by atoms with E-state index in [1.54, 1.807) is 12.5 Å². The molecule has 1 aromatic carbocycles. The Morgan fingerprint density at radius 3 is 1.32 bits per heavy atom. The van der Waals surface area contributed by atoms with Crippen LogP contribution in [0.5, 0.6) is 0 Å². The fraction of sp³-hybridized carbons (Fsp3) is 0.667. The van der Waals surface area contributed by atoms with Crippen LogP contribution in [0.2, 0.25) is 0 Å². The van der Waals surface area contributed by atoms with Gasteiger partial charge in [-0.2, -0.15) is 0 Å². The Hall–Kier alpha value is -1.94. The molecular weight excluding hydrogens is 488 g/mol. The zero-order valence-corrected chi connectivity index (χ0v) is 24.5. The lowest BCUT2D eigenvalue weighted by atomic mass is 10.0. The Labute approximate surface area is 229 Å². The van der Waals surface area contributed by atoms with Crippen LogP contribution in [0.1, 0.15) is 66.5 Å². The van der Waals surface area contributed by atoms with E-state index in [1.165, 1.54) is 0 Å². The molecule has 0 aliphatic carbocycles. The van der Waals surface area contributed by atoms with E-state index < -0.39 is 0 Å². The van der Waals surface area contributed by atoms with E-state index in [0.717, 1.165) is 22.3 Å². The predicted octanol–water partition coefficient (Wildman–Crippen LogP) is 4.82. The highest BCUT2D eigenvalue weighted by molar-refractivity contribution is 5.70. The molecular formula is C30H50O8. The second-order valence-corrected chi connectivity index (χ2v) is 10.0. The molecule has 1 aromatic rings. The summed E-state index contributed by atoms with van der Waals surface area (Å²) < 4.78 is 34.3. The summed E-state index contributed by atoms with van der Waals surface area (Å²) in [6, 6.07) is 8.22. The molecule has 0 fully saturated rings. The maximum Gasteiger partial charge on any atom is 0.118 e. The summed E-state index contributed by atoms with van der Waals surface area (Å²) in [7, 11) is 0. The molecule has 8 nitrogen and oxygen atoms in total. The van der Waals surface area contributed by atoms with Gasteiger partial charge in [0, 0.05) is 0 Å². The third kappa shape index (κ3) is 14.9. The van der Waals surface area contributed by atoms with Crippen molar-refractivity contribution in [2.45, 2.75) is 92.0 Å². The number of hydrogen-bond donors (Lipinski definition) is 2. The van der Waals surface area contributed by atoms with Gasteiger partial charge < -0.3 is 38.6 Å². The van der Waals surface area contributed by atoms with Crippen LogP contribution in [-0.2, 0) is 28.4 Å². The van der Waals surface area contributed by atoms with Crippen molar-refractivity contribution < 1.29 is 38.6 Å². The minimum absolute atomic E-state index is 0.00374. The highest BCUT2D eigenvalue weighted by Crippen LogP contribution is 2.21. The Morgan fingerprint density at radius 1 is 0.605 bits per heavy atom. The van der Waals surface area contributed by atoms with E-state index in [0.29, 0.717) is 26.4 Å². The smallest absolute Gasteiger partial charge is 0.118 e. The van der Waals surface area contributed by atoms with Crippen LogP contribution in [-0.4, -0.2) is 86.5 Å². The number of benzene rings is 1. The summed E-state index contributed by atoms with van der Waals surface area (Å²) in [5, 5.41) is 18.1. The second-order valence-electron chi connectivity index (χ2n) is 10.0. The van der Waals surface area contributed by atoms with Crippen molar-refractivity contribution in [2.75, 3.05) is 39.6 Å². The summed E-state index contributed by atoms with van der Waals surface area (Å²) in [5.74, 6) is 0. The lowest BCUT2D eigenvalue weighted by Crippen LogP contribution is -2.25. The largest absolute Gasteiger partial charge is 0.496 e. The second kappa shape index (κ2) is 19.2. The molecule has 2 N–H and O–H groups in total. The molecule has 1 rings (SSSR count). The van der Waals surface area contributed by atoms with Crippen LogP contribution in [0, 0.1) is 0 Å². The molecule has 6 unspecified atom stereocenters. The number of ether oxygens (including phenoxy) is 6. The topological polar surface area (TPSA) is 95.8 Å². The average molecular weight is 539 g/mol. The number of hydrogen-bond acceptors (Lipinski definition) is 8. The number of allylic oxidation sites excluding steroid dienone is 2. The van der Waals surface area contributed by atoms with Crippen molar-refractivity contribution in [1.29, 1.82) is 0 Å². The van der Waals surface area contributed by atoms with Crippen LogP contribution in [0.25, 0.3) is 11.1 Å². The molecule has 0 bridgehead atoms. The van der Waals surface area contributed by atoms with E-state index >= 15 is 0 Å². The number of aliphatic hydroxyl groups is 2. The van der Waals surface area contributed by atoms with E-state index in [-0.39, 0.29) is 49.8 Å². The summed E-state index contributed by atoms with van der Waals surface area (Å²) in [6.07, 6.45) is 2.75. The molecule has 0 amide bonds. The van der Waals surface area contributed by atoms with Gasteiger partial charge in [-0.05, 0) is 83.7 Å². The molecule has 0 radical (unpaired) electrons. The monoisotopic (exact) mass is 538 g/mol. The fourth-order valence-corrected chi connectivity index (χ4v) is 3.06. The first-order valence-electron chi connectivity index (χ1n) is 13.5. The molecule has 0 aromatic heterocycles. The molecule has 218 valence electrons. The average Bonchev–Trinajstić information content (AvgIpc) is 2.93. The summed E-state index contributed by atoms with van der Waals surface area (Å²) >= 11 is 0. The molecule has 0 heterocycles. The molecule has 6 atom stereocenters. The van der Waals surface area contributed by atoms with Crippen molar-refractivity contribution >= 4 is 11.1 Å². The third-order valence-electron chi connectivity index (χ3n) is 5.70. The van der Waals surface area contributed by atoms with E-state index in [2.05, 4.69) is 6.07 Å². The zero-order valence-electron chi connectivity index (χ0n) is 24.5. The fourth-order valence-electron chi connectivity index (χ4n) is 3.06. The van der Waals surface area contributed by atoms with Gasteiger partial charge in [0.15, 0.2) is 0 Å². The van der Waals surface area contributed by atoms with Gasteiger partial charge in [-0.3, -0.25) is 0 Å². The zero-order chi connectivity index (χ0) is 28.5. The van der Waals surface area contributed by atoms with Crippen molar-refractivity contribution in [3.05, 3.63) is 47.9 Å². The highest BCUT2D eigenvalue weighted by Gasteiger charge is 2.11. The summed E-state index contributed by atoms with van der Waals surface area (Å²) in [5.41, 5.74) is 4.14. The first-order chi connectivity index (χ1) is 18.0. The van der Waals surface area contributed by atoms with Crippen LogP contribution in [0.3, 0.4) is 0 Å². The molecule has 0 spiro atoms. The van der Waals surface area contributed by atoms with Gasteiger partial charge in [0.05, 0.1) is 76.6 Å². The van der Waals surface area contributed by atoms with E-state index in [4.69, 9.17) is 38.6 Å². The van der Waals surface area contributed by atoms with Gasteiger partial charge in [0.1, 0.15) is 12.2 Å². The van der Waals surface area contributed by atoms with E-state index in [9.17, 15) is 0 Å². The maximum absolute atomic E-state index is 9.03. The van der Waals surface area contributed by atoms with Gasteiger partial charge in [-0.15, -0.1) is 0 Å². The minimum Gasteiger partial charge on any atom is -0.496 e. The van der Waals surface area contributed by atoms with Crippen LogP contribution in [0.4, 0.5) is 0 Å². The van der Waals surface area contributed by atoms with E-state index in [1.807, 2.05) is 73.6 Å². The lowest BCUT2D eigenvalue weighted by Gasteiger charge is -2.19. The predicted molar refractivity (Wildman–Crippen MR) is 151 cm³/mol. The standard InChI is InChI=1S/C30H50O8/c1-21(15-33-25(5)19-37-27(7)17-35-23(3)13-31)29-10-9-11-30(12-29)22(2)16-34-26(6)20-38-28(8)18-36-24(4)14-32/h9-12,15-16,23-28,31-32H,13-14,17-20H2,1-8H3/b21-15+,22-16+. The van der Waals surface area contributed by atoms with Crippen LogP contribution < -0.4 is 0 Å². The molecule has 8 heteroatoms.